The van der Waals surface area contributed by atoms with Gasteiger partial charge in [0.15, 0.2) is 0 Å². The Hall–Kier alpha value is -1.89. The number of rotatable bonds is 3. The summed E-state index contributed by atoms with van der Waals surface area (Å²) < 4.78 is 32.8. The highest BCUT2D eigenvalue weighted by Crippen LogP contribution is 2.33. The molecule has 2 atom stereocenters. The Morgan fingerprint density at radius 2 is 1.84 bits per heavy atom. The SMILES string of the molecule is COc1ccc2c(c1)CCN(S(=O)(=O)c1ccc(C)cc1)C(C)C2O. The molecular formula is C19H23NO4S. The van der Waals surface area contributed by atoms with E-state index in [1.165, 1.54) is 4.31 Å². The molecule has 1 aliphatic rings. The van der Waals surface area contributed by atoms with Gasteiger partial charge < -0.3 is 9.84 Å². The molecule has 3 rings (SSSR count). The van der Waals surface area contributed by atoms with Gasteiger partial charge in [-0.1, -0.05) is 23.8 Å². The molecule has 0 bridgehead atoms. The van der Waals surface area contributed by atoms with Gasteiger partial charge in [-0.2, -0.15) is 4.31 Å². The van der Waals surface area contributed by atoms with Crippen molar-refractivity contribution in [2.75, 3.05) is 13.7 Å². The quantitative estimate of drug-likeness (QED) is 0.913. The van der Waals surface area contributed by atoms with E-state index in [9.17, 15) is 13.5 Å². The van der Waals surface area contributed by atoms with Crippen molar-refractivity contribution < 1.29 is 18.3 Å². The summed E-state index contributed by atoms with van der Waals surface area (Å²) in [5, 5.41) is 10.8. The van der Waals surface area contributed by atoms with Crippen molar-refractivity contribution in [2.24, 2.45) is 0 Å². The Bertz CT molecular complexity index is 861. The lowest BCUT2D eigenvalue weighted by Crippen LogP contribution is -2.41. The van der Waals surface area contributed by atoms with E-state index in [4.69, 9.17) is 4.74 Å². The third-order valence-corrected chi connectivity index (χ3v) is 6.81. The highest BCUT2D eigenvalue weighted by molar-refractivity contribution is 7.89. The second-order valence-electron chi connectivity index (χ2n) is 6.43. The second kappa shape index (κ2) is 6.78. The minimum Gasteiger partial charge on any atom is -0.497 e. The van der Waals surface area contributed by atoms with Crippen LogP contribution in [0, 0.1) is 6.92 Å². The zero-order valence-corrected chi connectivity index (χ0v) is 15.5. The van der Waals surface area contributed by atoms with Crippen LogP contribution in [0.3, 0.4) is 0 Å². The fraction of sp³-hybridized carbons (Fsp3) is 0.368. The molecule has 5 nitrogen and oxygen atoms in total. The number of hydrogen-bond acceptors (Lipinski definition) is 4. The molecule has 0 saturated heterocycles. The number of aryl methyl sites for hydroxylation is 1. The maximum absolute atomic E-state index is 13.1. The first kappa shape index (κ1) is 17.9. The number of aliphatic hydroxyl groups is 1. The predicted molar refractivity (Wildman–Crippen MR) is 96.2 cm³/mol. The zero-order valence-electron chi connectivity index (χ0n) is 14.6. The maximum atomic E-state index is 13.1. The van der Waals surface area contributed by atoms with E-state index >= 15 is 0 Å². The minimum absolute atomic E-state index is 0.251. The molecule has 2 unspecified atom stereocenters. The van der Waals surface area contributed by atoms with Gasteiger partial charge in [0.25, 0.3) is 0 Å². The molecule has 25 heavy (non-hydrogen) atoms. The van der Waals surface area contributed by atoms with E-state index in [1.807, 2.05) is 19.1 Å². The molecule has 2 aromatic carbocycles. The van der Waals surface area contributed by atoms with Crippen LogP contribution in [0.2, 0.25) is 0 Å². The molecule has 1 aliphatic heterocycles. The normalized spacial score (nSPS) is 21.4. The molecule has 1 N–H and O–H groups in total. The monoisotopic (exact) mass is 361 g/mol. The smallest absolute Gasteiger partial charge is 0.243 e. The molecule has 0 saturated carbocycles. The summed E-state index contributed by atoms with van der Waals surface area (Å²) in [7, 11) is -2.09. The van der Waals surface area contributed by atoms with E-state index < -0.39 is 22.2 Å². The van der Waals surface area contributed by atoms with Crippen LogP contribution in [0.5, 0.6) is 5.75 Å². The van der Waals surface area contributed by atoms with Crippen molar-refractivity contribution in [3.8, 4) is 5.75 Å². The lowest BCUT2D eigenvalue weighted by atomic mass is 9.98. The van der Waals surface area contributed by atoms with Gasteiger partial charge in [0.05, 0.1) is 24.2 Å². The number of nitrogens with zero attached hydrogens (tertiary/aromatic N) is 1. The fourth-order valence-corrected chi connectivity index (χ4v) is 4.89. The van der Waals surface area contributed by atoms with Crippen molar-refractivity contribution >= 4 is 10.0 Å². The minimum atomic E-state index is -3.68. The van der Waals surface area contributed by atoms with Crippen LogP contribution in [0.15, 0.2) is 47.4 Å². The maximum Gasteiger partial charge on any atom is 0.243 e. The van der Waals surface area contributed by atoms with Gasteiger partial charge in [0.2, 0.25) is 10.0 Å². The average Bonchev–Trinajstić information content (AvgIpc) is 2.72. The zero-order chi connectivity index (χ0) is 18.2. The van der Waals surface area contributed by atoms with E-state index in [0.29, 0.717) is 18.7 Å². The predicted octanol–water partition coefficient (Wildman–Crippen LogP) is 2.67. The first-order valence-electron chi connectivity index (χ1n) is 8.28. The first-order valence-corrected chi connectivity index (χ1v) is 9.72. The highest BCUT2D eigenvalue weighted by Gasteiger charge is 2.36. The Labute approximate surface area is 148 Å². The third-order valence-electron chi connectivity index (χ3n) is 4.81. The van der Waals surface area contributed by atoms with Crippen LogP contribution < -0.4 is 4.74 Å². The molecule has 0 aromatic heterocycles. The summed E-state index contributed by atoms with van der Waals surface area (Å²) >= 11 is 0. The van der Waals surface area contributed by atoms with E-state index in [1.54, 1.807) is 44.4 Å². The van der Waals surface area contributed by atoms with Crippen LogP contribution >= 0.6 is 0 Å². The van der Waals surface area contributed by atoms with E-state index in [-0.39, 0.29) is 4.90 Å². The van der Waals surface area contributed by atoms with Crippen LogP contribution in [-0.2, 0) is 16.4 Å². The number of hydrogen-bond donors (Lipinski definition) is 1. The van der Waals surface area contributed by atoms with E-state index in [2.05, 4.69) is 0 Å². The molecular weight excluding hydrogens is 338 g/mol. The van der Waals surface area contributed by atoms with Gasteiger partial charge in [-0.3, -0.25) is 0 Å². The molecule has 1 heterocycles. The second-order valence-corrected chi connectivity index (χ2v) is 8.32. The average molecular weight is 361 g/mol. The van der Waals surface area contributed by atoms with E-state index in [0.717, 1.165) is 16.7 Å². The molecule has 0 radical (unpaired) electrons. The van der Waals surface area contributed by atoms with Gasteiger partial charge in [-0.25, -0.2) is 8.42 Å². The standard InChI is InChI=1S/C19H23NO4S/c1-13-4-7-17(8-5-13)25(22,23)20-11-10-15-12-16(24-3)6-9-18(15)19(21)14(20)2/h4-9,12,14,19,21H,10-11H2,1-3H3. The topological polar surface area (TPSA) is 66.8 Å². The summed E-state index contributed by atoms with van der Waals surface area (Å²) in [5.74, 6) is 0.702. The lowest BCUT2D eigenvalue weighted by molar-refractivity contribution is 0.104. The lowest BCUT2D eigenvalue weighted by Gasteiger charge is -2.29. The number of methoxy groups -OCH3 is 1. The third kappa shape index (κ3) is 3.29. The van der Waals surface area contributed by atoms with Crippen molar-refractivity contribution in [1.82, 2.24) is 4.31 Å². The highest BCUT2D eigenvalue weighted by atomic mass is 32.2. The Morgan fingerprint density at radius 1 is 1.16 bits per heavy atom. The summed E-state index contributed by atoms with van der Waals surface area (Å²) in [6.07, 6.45) is -0.359. The number of aliphatic hydroxyl groups excluding tert-OH is 1. The van der Waals surface area contributed by atoms with Crippen LogP contribution in [-0.4, -0.2) is 37.5 Å². The number of benzene rings is 2. The molecule has 6 heteroatoms. The Balaban J connectivity index is 1.98. The number of sulfonamides is 1. The van der Waals surface area contributed by atoms with Gasteiger partial charge in [-0.05, 0) is 55.7 Å². The summed E-state index contributed by atoms with van der Waals surface area (Å²) in [5.41, 5.74) is 2.68. The van der Waals surface area contributed by atoms with Crippen LogP contribution in [0.4, 0.5) is 0 Å². The van der Waals surface area contributed by atoms with Gasteiger partial charge in [-0.15, -0.1) is 0 Å². The Morgan fingerprint density at radius 3 is 2.48 bits per heavy atom. The molecule has 134 valence electrons. The van der Waals surface area contributed by atoms with Crippen molar-refractivity contribution in [3.05, 3.63) is 59.2 Å². The first-order chi connectivity index (χ1) is 11.8. The largest absolute Gasteiger partial charge is 0.497 e. The van der Waals surface area contributed by atoms with Crippen LogP contribution in [0.1, 0.15) is 29.7 Å². The molecule has 2 aromatic rings. The van der Waals surface area contributed by atoms with Crippen LogP contribution in [0.25, 0.3) is 0 Å². The van der Waals surface area contributed by atoms with Gasteiger partial charge >= 0.3 is 0 Å². The number of ether oxygens (including phenoxy) is 1. The summed E-state index contributed by atoms with van der Waals surface area (Å²) in [4.78, 5) is 0.251. The molecule has 0 aliphatic carbocycles. The number of fused-ring (bicyclic) bond motifs is 1. The Kier molecular flexibility index (Phi) is 4.86. The van der Waals surface area contributed by atoms with Crippen molar-refractivity contribution in [3.63, 3.8) is 0 Å². The van der Waals surface area contributed by atoms with Gasteiger partial charge in [0, 0.05) is 6.54 Å². The van der Waals surface area contributed by atoms with Crippen molar-refractivity contribution in [2.45, 2.75) is 37.3 Å². The summed E-state index contributed by atoms with van der Waals surface area (Å²) in [6.45, 7) is 3.98. The van der Waals surface area contributed by atoms with Crippen molar-refractivity contribution in [1.29, 1.82) is 0 Å². The molecule has 0 spiro atoms. The molecule has 0 amide bonds. The van der Waals surface area contributed by atoms with Gasteiger partial charge in [0.1, 0.15) is 5.75 Å². The fourth-order valence-electron chi connectivity index (χ4n) is 3.25. The summed E-state index contributed by atoms with van der Waals surface area (Å²) in [6, 6.07) is 11.7. The molecule has 0 fully saturated rings.